The van der Waals surface area contributed by atoms with E-state index >= 15 is 0 Å². The molecule has 3 rings (SSSR count). The Morgan fingerprint density at radius 2 is 1.76 bits per heavy atom. The van der Waals surface area contributed by atoms with Crippen molar-refractivity contribution >= 4 is 5.69 Å². The molecule has 0 aliphatic heterocycles. The van der Waals surface area contributed by atoms with Crippen LogP contribution in [0.3, 0.4) is 0 Å². The fraction of sp³-hybridized carbons (Fsp3) is 0.368. The first-order chi connectivity index (χ1) is 10.2. The maximum atomic E-state index is 13.4. The minimum Gasteiger partial charge on any atom is -0.382 e. The third kappa shape index (κ3) is 3.26. The van der Waals surface area contributed by atoms with Crippen molar-refractivity contribution in [2.24, 2.45) is 0 Å². The quantitative estimate of drug-likeness (QED) is 0.809. The van der Waals surface area contributed by atoms with Crippen LogP contribution in [0.25, 0.3) is 0 Å². The van der Waals surface area contributed by atoms with E-state index in [1.807, 2.05) is 19.1 Å². The number of hydrogen-bond donors (Lipinski definition) is 1. The van der Waals surface area contributed by atoms with E-state index in [9.17, 15) is 4.39 Å². The normalized spacial score (nSPS) is 22.0. The molecular formula is C19H22FN. The molecule has 0 bridgehead atoms. The van der Waals surface area contributed by atoms with Crippen molar-refractivity contribution in [1.29, 1.82) is 0 Å². The van der Waals surface area contributed by atoms with E-state index in [0.717, 1.165) is 5.69 Å². The molecule has 2 aromatic carbocycles. The van der Waals surface area contributed by atoms with E-state index in [2.05, 4.69) is 35.6 Å². The van der Waals surface area contributed by atoms with Gasteiger partial charge in [0, 0.05) is 17.6 Å². The third-order valence-electron chi connectivity index (χ3n) is 4.50. The minimum atomic E-state index is -0.135. The van der Waals surface area contributed by atoms with Gasteiger partial charge in [-0.3, -0.25) is 0 Å². The number of nitrogens with one attached hydrogen (secondary N) is 1. The van der Waals surface area contributed by atoms with Gasteiger partial charge in [-0.05, 0) is 49.1 Å². The van der Waals surface area contributed by atoms with Crippen molar-refractivity contribution in [2.75, 3.05) is 5.32 Å². The number of aryl methyl sites for hydroxylation is 1. The van der Waals surface area contributed by atoms with Gasteiger partial charge in [0.25, 0.3) is 0 Å². The number of rotatable bonds is 3. The summed E-state index contributed by atoms with van der Waals surface area (Å²) in [5, 5.41) is 3.63. The zero-order valence-corrected chi connectivity index (χ0v) is 12.5. The second-order valence-corrected chi connectivity index (χ2v) is 6.02. The van der Waals surface area contributed by atoms with E-state index in [1.54, 1.807) is 6.07 Å². The van der Waals surface area contributed by atoms with Crippen molar-refractivity contribution in [3.63, 3.8) is 0 Å². The first-order valence-corrected chi connectivity index (χ1v) is 7.81. The van der Waals surface area contributed by atoms with Crippen LogP contribution in [0.1, 0.15) is 42.7 Å². The van der Waals surface area contributed by atoms with E-state index in [1.165, 1.54) is 31.2 Å². The van der Waals surface area contributed by atoms with Crippen LogP contribution in [-0.4, -0.2) is 6.04 Å². The van der Waals surface area contributed by atoms with E-state index in [0.29, 0.717) is 17.5 Å². The van der Waals surface area contributed by atoms with Crippen molar-refractivity contribution in [3.8, 4) is 0 Å². The topological polar surface area (TPSA) is 12.0 Å². The zero-order chi connectivity index (χ0) is 14.7. The van der Waals surface area contributed by atoms with Gasteiger partial charge in [-0.15, -0.1) is 0 Å². The summed E-state index contributed by atoms with van der Waals surface area (Å²) in [5.41, 5.74) is 3.14. The molecule has 1 fully saturated rings. The Morgan fingerprint density at radius 1 is 1.00 bits per heavy atom. The molecule has 0 radical (unpaired) electrons. The summed E-state index contributed by atoms with van der Waals surface area (Å²) < 4.78 is 13.4. The molecule has 0 saturated heterocycles. The molecule has 1 nitrogen and oxygen atoms in total. The van der Waals surface area contributed by atoms with Crippen molar-refractivity contribution < 1.29 is 4.39 Å². The van der Waals surface area contributed by atoms with Gasteiger partial charge in [0.05, 0.1) is 0 Å². The van der Waals surface area contributed by atoms with Crippen molar-refractivity contribution in [2.45, 2.75) is 44.6 Å². The highest BCUT2D eigenvalue weighted by Crippen LogP contribution is 2.35. The Morgan fingerprint density at radius 3 is 2.52 bits per heavy atom. The highest BCUT2D eigenvalue weighted by molar-refractivity contribution is 5.47. The lowest BCUT2D eigenvalue weighted by Gasteiger charge is -2.33. The Kier molecular flexibility index (Phi) is 4.23. The molecule has 1 aliphatic carbocycles. The monoisotopic (exact) mass is 283 g/mol. The summed E-state index contributed by atoms with van der Waals surface area (Å²) in [6.07, 6.45) is 4.96. The van der Waals surface area contributed by atoms with Crippen LogP contribution < -0.4 is 5.32 Å². The molecule has 0 aromatic heterocycles. The average molecular weight is 283 g/mol. The number of anilines is 1. The van der Waals surface area contributed by atoms with Gasteiger partial charge in [0.15, 0.2) is 0 Å². The number of hydrogen-bond acceptors (Lipinski definition) is 1. The Balaban J connectivity index is 1.79. The van der Waals surface area contributed by atoms with Crippen LogP contribution in [0.2, 0.25) is 0 Å². The third-order valence-corrected chi connectivity index (χ3v) is 4.50. The molecule has 0 heterocycles. The summed E-state index contributed by atoms with van der Waals surface area (Å²) in [5.74, 6) is 0.411. The fourth-order valence-electron chi connectivity index (χ4n) is 3.35. The lowest BCUT2D eigenvalue weighted by atomic mass is 9.80. The van der Waals surface area contributed by atoms with E-state index in [4.69, 9.17) is 0 Å². The van der Waals surface area contributed by atoms with Crippen molar-refractivity contribution in [1.82, 2.24) is 0 Å². The van der Waals surface area contributed by atoms with Crippen LogP contribution >= 0.6 is 0 Å². The highest BCUT2D eigenvalue weighted by Gasteiger charge is 2.26. The Hall–Kier alpha value is -1.83. The molecule has 2 heteroatoms. The summed E-state index contributed by atoms with van der Waals surface area (Å²) in [7, 11) is 0. The molecule has 2 aromatic rings. The first kappa shape index (κ1) is 14.1. The van der Waals surface area contributed by atoms with Gasteiger partial charge in [-0.2, -0.15) is 0 Å². The molecule has 1 saturated carbocycles. The van der Waals surface area contributed by atoms with Crippen molar-refractivity contribution in [3.05, 3.63) is 65.5 Å². The molecule has 2 unspecified atom stereocenters. The Bertz CT molecular complexity index is 594. The lowest BCUT2D eigenvalue weighted by Crippen LogP contribution is -2.30. The minimum absolute atomic E-state index is 0.135. The van der Waals surface area contributed by atoms with Gasteiger partial charge in [0.1, 0.15) is 5.82 Å². The van der Waals surface area contributed by atoms with Gasteiger partial charge < -0.3 is 5.32 Å². The molecule has 1 N–H and O–H groups in total. The molecule has 21 heavy (non-hydrogen) atoms. The molecular weight excluding hydrogens is 261 g/mol. The van der Waals surface area contributed by atoms with Gasteiger partial charge in [-0.1, -0.05) is 43.2 Å². The summed E-state index contributed by atoms with van der Waals surface area (Å²) in [6.45, 7) is 1.82. The Labute approximate surface area is 126 Å². The summed E-state index contributed by atoms with van der Waals surface area (Å²) >= 11 is 0. The molecule has 2 atom stereocenters. The largest absolute Gasteiger partial charge is 0.382 e. The average Bonchev–Trinajstić information content (AvgIpc) is 2.52. The zero-order valence-electron chi connectivity index (χ0n) is 12.5. The van der Waals surface area contributed by atoms with Crippen LogP contribution in [0.4, 0.5) is 10.1 Å². The molecule has 1 aliphatic rings. The molecule has 110 valence electrons. The fourth-order valence-corrected chi connectivity index (χ4v) is 3.35. The molecule has 0 spiro atoms. The standard InChI is InChI=1S/C19H22FN/c1-14-13-16(11-12-18(14)20)21-19-10-6-5-9-17(19)15-7-3-2-4-8-15/h2-4,7-8,11-13,17,19,21H,5-6,9-10H2,1H3. The summed E-state index contributed by atoms with van der Waals surface area (Å²) in [6, 6.07) is 16.5. The smallest absolute Gasteiger partial charge is 0.126 e. The van der Waals surface area contributed by atoms with E-state index in [-0.39, 0.29) is 5.82 Å². The lowest BCUT2D eigenvalue weighted by molar-refractivity contribution is 0.405. The van der Waals surface area contributed by atoms with Gasteiger partial charge in [0.2, 0.25) is 0 Å². The van der Waals surface area contributed by atoms with Crippen LogP contribution in [0, 0.1) is 12.7 Å². The first-order valence-electron chi connectivity index (χ1n) is 7.81. The van der Waals surface area contributed by atoms with Gasteiger partial charge in [-0.25, -0.2) is 4.39 Å². The predicted molar refractivity (Wildman–Crippen MR) is 86.2 cm³/mol. The SMILES string of the molecule is Cc1cc(NC2CCCCC2c2ccccc2)ccc1F. The van der Waals surface area contributed by atoms with Crippen LogP contribution in [0.5, 0.6) is 0 Å². The number of benzene rings is 2. The summed E-state index contributed by atoms with van der Waals surface area (Å²) in [4.78, 5) is 0. The maximum absolute atomic E-state index is 13.4. The second kappa shape index (κ2) is 6.30. The predicted octanol–water partition coefficient (Wildman–Crippen LogP) is 5.27. The van der Waals surface area contributed by atoms with Crippen LogP contribution in [-0.2, 0) is 0 Å². The van der Waals surface area contributed by atoms with E-state index < -0.39 is 0 Å². The van der Waals surface area contributed by atoms with Crippen LogP contribution in [0.15, 0.2) is 48.5 Å². The highest BCUT2D eigenvalue weighted by atomic mass is 19.1. The second-order valence-electron chi connectivity index (χ2n) is 6.02. The maximum Gasteiger partial charge on any atom is 0.126 e. The van der Waals surface area contributed by atoms with Gasteiger partial charge >= 0.3 is 0 Å². The molecule has 0 amide bonds. The number of halogens is 1.